The van der Waals surface area contributed by atoms with Crippen molar-refractivity contribution in [2.45, 2.75) is 12.6 Å². The maximum atomic E-state index is 9.70. The number of hydrogen-bond acceptors (Lipinski definition) is 5. The molecule has 0 spiro atoms. The van der Waals surface area contributed by atoms with Crippen molar-refractivity contribution < 1.29 is 5.11 Å². The Bertz CT molecular complexity index is 547. The molecule has 3 rings (SSSR count). The highest BCUT2D eigenvalue weighted by atomic mass is 35.5. The van der Waals surface area contributed by atoms with Gasteiger partial charge in [0.1, 0.15) is 0 Å². The monoisotopic (exact) mass is 309 g/mol. The van der Waals surface area contributed by atoms with Gasteiger partial charge in [-0.05, 0) is 12.1 Å². The topological polar surface area (TPSA) is 75.0 Å². The molecule has 114 valence electrons. The molecule has 1 aromatic carbocycles. The molecule has 7 heteroatoms. The maximum Gasteiger partial charge on any atom is 0.0969 e. The highest BCUT2D eigenvalue weighted by molar-refractivity contribution is 5.85. The first-order valence-corrected chi connectivity index (χ1v) is 6.89. The summed E-state index contributed by atoms with van der Waals surface area (Å²) in [5.74, 6) is 0.277. The number of rotatable bonds is 5. The van der Waals surface area contributed by atoms with Gasteiger partial charge in [-0.2, -0.15) is 15.0 Å². The van der Waals surface area contributed by atoms with Crippen LogP contribution in [0.25, 0.3) is 5.69 Å². The molecule has 1 aliphatic heterocycles. The highest BCUT2D eigenvalue weighted by Crippen LogP contribution is 2.08. The van der Waals surface area contributed by atoms with Crippen LogP contribution in [0.5, 0.6) is 0 Å². The molecule has 0 amide bonds. The van der Waals surface area contributed by atoms with Crippen LogP contribution in [0, 0.1) is 5.92 Å². The number of aliphatic hydroxyl groups is 1. The summed E-state index contributed by atoms with van der Waals surface area (Å²) in [6.07, 6.45) is 1.52. The van der Waals surface area contributed by atoms with Gasteiger partial charge in [0, 0.05) is 32.1 Å². The second-order valence-electron chi connectivity index (χ2n) is 5.08. The Labute approximate surface area is 130 Å². The van der Waals surface area contributed by atoms with Crippen LogP contribution in [0.3, 0.4) is 0 Å². The van der Waals surface area contributed by atoms with Crippen molar-refractivity contribution in [1.29, 1.82) is 0 Å². The summed E-state index contributed by atoms with van der Waals surface area (Å²) in [4.78, 5) is 1.63. The zero-order chi connectivity index (χ0) is 13.8. The molecule has 2 unspecified atom stereocenters. The predicted octanol–water partition coefficient (Wildman–Crippen LogP) is 0.359. The first-order valence-electron chi connectivity index (χ1n) is 6.89. The fraction of sp³-hybridized carbons (Fsp3) is 0.429. The van der Waals surface area contributed by atoms with E-state index in [1.165, 1.54) is 0 Å². The summed E-state index contributed by atoms with van der Waals surface area (Å²) in [6.45, 7) is 3.00. The van der Waals surface area contributed by atoms with Crippen LogP contribution >= 0.6 is 12.4 Å². The van der Waals surface area contributed by atoms with Crippen LogP contribution in [0.15, 0.2) is 36.5 Å². The second-order valence-corrected chi connectivity index (χ2v) is 5.08. The Morgan fingerprint density at radius 2 is 2.10 bits per heavy atom. The highest BCUT2D eigenvalue weighted by Gasteiger charge is 2.24. The van der Waals surface area contributed by atoms with Crippen molar-refractivity contribution in [2.24, 2.45) is 5.92 Å². The van der Waals surface area contributed by atoms with Crippen LogP contribution in [0.2, 0.25) is 0 Å². The van der Waals surface area contributed by atoms with Crippen molar-refractivity contribution in [3.8, 4) is 5.69 Å². The van der Waals surface area contributed by atoms with Gasteiger partial charge in [-0.3, -0.25) is 0 Å². The van der Waals surface area contributed by atoms with Crippen LogP contribution in [-0.2, 0) is 6.54 Å². The Hall–Kier alpha value is -1.47. The molecule has 6 nitrogen and oxygen atoms in total. The number of hydrogen-bond donors (Lipinski definition) is 3. The number of nitrogens with one attached hydrogen (secondary N) is 2. The average molecular weight is 310 g/mol. The first-order chi connectivity index (χ1) is 9.83. The lowest BCUT2D eigenvalue weighted by molar-refractivity contribution is 0.146. The summed E-state index contributed by atoms with van der Waals surface area (Å²) in [6, 6.07) is 9.84. The SMILES string of the molecule is Cl.OC1CNCC1CNCc1cnn(-c2ccccc2)n1. The first kappa shape index (κ1) is 15.9. The zero-order valence-electron chi connectivity index (χ0n) is 11.6. The Balaban J connectivity index is 0.00000161. The van der Waals surface area contributed by atoms with Crippen molar-refractivity contribution >= 4 is 12.4 Å². The number of para-hydroxylation sites is 1. The van der Waals surface area contributed by atoms with E-state index in [4.69, 9.17) is 0 Å². The summed E-state index contributed by atoms with van der Waals surface area (Å²) in [5, 5.41) is 24.9. The molecule has 0 radical (unpaired) electrons. The number of halogens is 1. The molecule has 2 heterocycles. The molecule has 1 fully saturated rings. The molecule has 0 bridgehead atoms. The maximum absolute atomic E-state index is 9.70. The molecule has 2 atom stereocenters. The van der Waals surface area contributed by atoms with Crippen LogP contribution < -0.4 is 10.6 Å². The lowest BCUT2D eigenvalue weighted by Gasteiger charge is -2.13. The smallest absolute Gasteiger partial charge is 0.0969 e. The van der Waals surface area contributed by atoms with E-state index in [2.05, 4.69) is 20.8 Å². The van der Waals surface area contributed by atoms with Gasteiger partial charge in [0.2, 0.25) is 0 Å². The molecule has 0 saturated carbocycles. The minimum atomic E-state index is -0.248. The summed E-state index contributed by atoms with van der Waals surface area (Å²) in [5.41, 5.74) is 1.85. The molecule has 1 saturated heterocycles. The number of nitrogens with zero attached hydrogens (tertiary/aromatic N) is 3. The van der Waals surface area contributed by atoms with E-state index in [0.29, 0.717) is 13.1 Å². The van der Waals surface area contributed by atoms with Crippen LogP contribution in [0.1, 0.15) is 5.69 Å². The van der Waals surface area contributed by atoms with Crippen molar-refractivity contribution in [3.05, 3.63) is 42.2 Å². The van der Waals surface area contributed by atoms with Gasteiger partial charge in [-0.15, -0.1) is 12.4 Å². The van der Waals surface area contributed by atoms with Crippen molar-refractivity contribution in [3.63, 3.8) is 0 Å². The van der Waals surface area contributed by atoms with E-state index in [9.17, 15) is 5.11 Å². The molecular formula is C14H20ClN5O. The summed E-state index contributed by atoms with van der Waals surface area (Å²) in [7, 11) is 0. The third-order valence-corrected chi connectivity index (χ3v) is 3.54. The number of aliphatic hydroxyl groups excluding tert-OH is 1. The largest absolute Gasteiger partial charge is 0.391 e. The zero-order valence-corrected chi connectivity index (χ0v) is 12.5. The fourth-order valence-corrected chi connectivity index (χ4v) is 2.37. The summed E-state index contributed by atoms with van der Waals surface area (Å²) >= 11 is 0. The molecule has 1 aliphatic rings. The third-order valence-electron chi connectivity index (χ3n) is 3.54. The Morgan fingerprint density at radius 1 is 1.29 bits per heavy atom. The molecule has 2 aromatic rings. The van der Waals surface area contributed by atoms with Gasteiger partial charge in [-0.1, -0.05) is 18.2 Å². The average Bonchev–Trinajstić information content (AvgIpc) is 3.10. The number of benzene rings is 1. The standard InChI is InChI=1S/C14H19N5O.ClH/c20-14-10-16-7-11(14)6-15-8-12-9-17-19(18-12)13-4-2-1-3-5-13;/h1-5,9,11,14-16,20H,6-8,10H2;1H. The van der Waals surface area contributed by atoms with Gasteiger partial charge >= 0.3 is 0 Å². The quantitative estimate of drug-likeness (QED) is 0.743. The van der Waals surface area contributed by atoms with Crippen LogP contribution in [0.4, 0.5) is 0 Å². The number of β-amino-alcohol motifs (C(OH)–C–C–N with tert-alkyl or cyclic N) is 1. The Morgan fingerprint density at radius 3 is 2.81 bits per heavy atom. The third kappa shape index (κ3) is 4.01. The summed E-state index contributed by atoms with van der Waals surface area (Å²) < 4.78 is 0. The lowest BCUT2D eigenvalue weighted by atomic mass is 10.1. The number of aromatic nitrogens is 3. The van der Waals surface area contributed by atoms with Gasteiger partial charge in [0.15, 0.2) is 0 Å². The molecule has 21 heavy (non-hydrogen) atoms. The second kappa shape index (κ2) is 7.51. The fourth-order valence-electron chi connectivity index (χ4n) is 2.37. The van der Waals surface area contributed by atoms with Gasteiger partial charge < -0.3 is 15.7 Å². The lowest BCUT2D eigenvalue weighted by Crippen LogP contribution is -2.30. The van der Waals surface area contributed by atoms with E-state index in [-0.39, 0.29) is 24.4 Å². The van der Waals surface area contributed by atoms with Crippen molar-refractivity contribution in [2.75, 3.05) is 19.6 Å². The van der Waals surface area contributed by atoms with Gasteiger partial charge in [-0.25, -0.2) is 0 Å². The van der Waals surface area contributed by atoms with Crippen molar-refractivity contribution in [1.82, 2.24) is 25.6 Å². The molecule has 1 aromatic heterocycles. The Kier molecular flexibility index (Phi) is 5.69. The van der Waals surface area contributed by atoms with E-state index in [1.54, 1.807) is 11.0 Å². The van der Waals surface area contributed by atoms with Gasteiger partial charge in [0.25, 0.3) is 0 Å². The predicted molar refractivity (Wildman–Crippen MR) is 82.7 cm³/mol. The molecule has 0 aliphatic carbocycles. The van der Waals surface area contributed by atoms with E-state index >= 15 is 0 Å². The van der Waals surface area contributed by atoms with E-state index < -0.39 is 0 Å². The minimum absolute atomic E-state index is 0. The van der Waals surface area contributed by atoms with E-state index in [1.807, 2.05) is 30.3 Å². The molecule has 3 N–H and O–H groups in total. The van der Waals surface area contributed by atoms with E-state index in [0.717, 1.165) is 24.5 Å². The molecular weight excluding hydrogens is 290 g/mol. The van der Waals surface area contributed by atoms with Crippen LogP contribution in [-0.4, -0.2) is 45.8 Å². The minimum Gasteiger partial charge on any atom is -0.391 e. The van der Waals surface area contributed by atoms with Gasteiger partial charge in [0.05, 0.1) is 23.7 Å². The normalized spacial score (nSPS) is 21.2.